The lowest BCUT2D eigenvalue weighted by Crippen LogP contribution is -2.04. The van der Waals surface area contributed by atoms with E-state index in [0.29, 0.717) is 11.8 Å². The zero-order chi connectivity index (χ0) is 11.7. The molecule has 0 aliphatic carbocycles. The predicted molar refractivity (Wildman–Crippen MR) is 66.8 cm³/mol. The maximum atomic E-state index is 9.54. The number of fused-ring (bicyclic) bond motifs is 1. The third-order valence-electron chi connectivity index (χ3n) is 2.82. The molecule has 1 aromatic carbocycles. The van der Waals surface area contributed by atoms with Crippen LogP contribution in [-0.2, 0) is 6.54 Å². The molecule has 0 unspecified atom stereocenters. The predicted octanol–water partition coefficient (Wildman–Crippen LogP) is 2.65. The van der Waals surface area contributed by atoms with Crippen molar-refractivity contribution >= 4 is 10.9 Å². The standard InChI is InChI=1S/C13H18N2O/c1-9(2)15-8-10(7-14-3)12-6-11(16)4-5-13(12)15/h4-6,8-9,14,16H,7H2,1-3H3. The van der Waals surface area contributed by atoms with Gasteiger partial charge >= 0.3 is 0 Å². The molecule has 1 heterocycles. The van der Waals surface area contributed by atoms with Gasteiger partial charge in [0, 0.05) is 29.7 Å². The molecule has 0 amide bonds. The summed E-state index contributed by atoms with van der Waals surface area (Å²) in [5.41, 5.74) is 2.40. The van der Waals surface area contributed by atoms with Gasteiger partial charge in [-0.2, -0.15) is 0 Å². The second-order valence-corrected chi connectivity index (χ2v) is 4.39. The number of benzene rings is 1. The second-order valence-electron chi connectivity index (χ2n) is 4.39. The molecule has 0 saturated heterocycles. The lowest BCUT2D eigenvalue weighted by Gasteiger charge is -2.08. The van der Waals surface area contributed by atoms with Gasteiger partial charge in [0.15, 0.2) is 0 Å². The molecule has 2 N–H and O–H groups in total. The highest BCUT2D eigenvalue weighted by atomic mass is 16.3. The van der Waals surface area contributed by atoms with Crippen LogP contribution in [0.15, 0.2) is 24.4 Å². The molecule has 0 spiro atoms. The summed E-state index contributed by atoms with van der Waals surface area (Å²) < 4.78 is 2.24. The molecular weight excluding hydrogens is 200 g/mol. The first-order valence-electron chi connectivity index (χ1n) is 5.60. The van der Waals surface area contributed by atoms with Gasteiger partial charge in [0.1, 0.15) is 5.75 Å². The average molecular weight is 218 g/mol. The van der Waals surface area contributed by atoms with Crippen LogP contribution in [0, 0.1) is 0 Å². The molecule has 1 aromatic heterocycles. The van der Waals surface area contributed by atoms with Crippen LogP contribution in [0.4, 0.5) is 0 Å². The molecule has 0 fully saturated rings. The van der Waals surface area contributed by atoms with E-state index in [1.165, 1.54) is 11.1 Å². The first-order chi connectivity index (χ1) is 7.63. The number of aromatic nitrogens is 1. The highest BCUT2D eigenvalue weighted by Crippen LogP contribution is 2.27. The van der Waals surface area contributed by atoms with Crippen molar-refractivity contribution in [1.82, 2.24) is 9.88 Å². The van der Waals surface area contributed by atoms with E-state index in [2.05, 4.69) is 29.9 Å². The molecular formula is C13H18N2O. The van der Waals surface area contributed by atoms with Gasteiger partial charge in [-0.05, 0) is 44.7 Å². The third kappa shape index (κ3) is 1.78. The first kappa shape index (κ1) is 11.0. The third-order valence-corrected chi connectivity index (χ3v) is 2.82. The van der Waals surface area contributed by atoms with Gasteiger partial charge in [0.2, 0.25) is 0 Å². The fourth-order valence-electron chi connectivity index (χ4n) is 2.07. The van der Waals surface area contributed by atoms with E-state index in [1.807, 2.05) is 19.2 Å². The van der Waals surface area contributed by atoms with Gasteiger partial charge in [-0.3, -0.25) is 0 Å². The Kier molecular flexibility index (Phi) is 2.88. The van der Waals surface area contributed by atoms with Crippen molar-refractivity contribution < 1.29 is 5.11 Å². The zero-order valence-corrected chi connectivity index (χ0v) is 9.99. The van der Waals surface area contributed by atoms with Crippen LogP contribution < -0.4 is 5.32 Å². The molecule has 0 atom stereocenters. The van der Waals surface area contributed by atoms with Gasteiger partial charge in [-0.25, -0.2) is 0 Å². The van der Waals surface area contributed by atoms with Crippen LogP contribution in [0.1, 0.15) is 25.5 Å². The van der Waals surface area contributed by atoms with Gasteiger partial charge in [-0.1, -0.05) is 0 Å². The number of nitrogens with one attached hydrogen (secondary N) is 1. The SMILES string of the molecule is CNCc1cn(C(C)C)c2ccc(O)cc12. The number of phenols is 1. The van der Waals surface area contributed by atoms with Crippen LogP contribution in [0.3, 0.4) is 0 Å². The van der Waals surface area contributed by atoms with E-state index in [1.54, 1.807) is 6.07 Å². The lowest BCUT2D eigenvalue weighted by molar-refractivity contribution is 0.476. The minimum absolute atomic E-state index is 0.325. The number of hydrogen-bond acceptors (Lipinski definition) is 2. The number of hydrogen-bond donors (Lipinski definition) is 2. The van der Waals surface area contributed by atoms with Gasteiger partial charge < -0.3 is 15.0 Å². The summed E-state index contributed by atoms with van der Waals surface area (Å²) in [6.45, 7) is 5.14. The van der Waals surface area contributed by atoms with Crippen LogP contribution >= 0.6 is 0 Å². The van der Waals surface area contributed by atoms with Crippen molar-refractivity contribution in [3.05, 3.63) is 30.0 Å². The lowest BCUT2D eigenvalue weighted by atomic mass is 10.1. The summed E-state index contributed by atoms with van der Waals surface area (Å²) in [4.78, 5) is 0. The van der Waals surface area contributed by atoms with Crippen molar-refractivity contribution in [1.29, 1.82) is 0 Å². The van der Waals surface area contributed by atoms with E-state index in [9.17, 15) is 5.11 Å². The van der Waals surface area contributed by atoms with Crippen LogP contribution in [0.5, 0.6) is 5.75 Å². The Bertz CT molecular complexity index is 500. The first-order valence-corrected chi connectivity index (χ1v) is 5.60. The molecule has 3 nitrogen and oxygen atoms in total. The van der Waals surface area contributed by atoms with Crippen molar-refractivity contribution in [3.63, 3.8) is 0 Å². The summed E-state index contributed by atoms with van der Waals surface area (Å²) in [7, 11) is 1.93. The topological polar surface area (TPSA) is 37.2 Å². The fourth-order valence-corrected chi connectivity index (χ4v) is 2.07. The molecule has 16 heavy (non-hydrogen) atoms. The van der Waals surface area contributed by atoms with Crippen LogP contribution in [0.2, 0.25) is 0 Å². The maximum absolute atomic E-state index is 9.54. The Labute approximate surface area is 95.7 Å². The van der Waals surface area contributed by atoms with Crippen molar-refractivity contribution in [2.24, 2.45) is 0 Å². The Morgan fingerprint density at radius 3 is 2.75 bits per heavy atom. The molecule has 0 aliphatic rings. The smallest absolute Gasteiger partial charge is 0.116 e. The maximum Gasteiger partial charge on any atom is 0.116 e. The van der Waals surface area contributed by atoms with Crippen LogP contribution in [-0.4, -0.2) is 16.7 Å². The Morgan fingerprint density at radius 1 is 1.38 bits per heavy atom. The quantitative estimate of drug-likeness (QED) is 0.831. The second kappa shape index (κ2) is 4.18. The monoisotopic (exact) mass is 218 g/mol. The molecule has 0 aliphatic heterocycles. The molecule has 0 saturated carbocycles. The fraction of sp³-hybridized carbons (Fsp3) is 0.385. The molecule has 2 aromatic rings. The highest BCUT2D eigenvalue weighted by Gasteiger charge is 2.10. The normalized spacial score (nSPS) is 11.5. The average Bonchev–Trinajstić information content (AvgIpc) is 2.58. The Morgan fingerprint density at radius 2 is 2.12 bits per heavy atom. The van der Waals surface area contributed by atoms with E-state index in [0.717, 1.165) is 11.9 Å². The molecule has 3 heteroatoms. The number of rotatable bonds is 3. The zero-order valence-electron chi connectivity index (χ0n) is 9.99. The summed E-state index contributed by atoms with van der Waals surface area (Å²) in [6, 6.07) is 5.98. The molecule has 0 bridgehead atoms. The summed E-state index contributed by atoms with van der Waals surface area (Å²) in [5.74, 6) is 0.325. The Hall–Kier alpha value is -1.48. The highest BCUT2D eigenvalue weighted by molar-refractivity contribution is 5.85. The largest absolute Gasteiger partial charge is 0.508 e. The number of aromatic hydroxyl groups is 1. The van der Waals surface area contributed by atoms with E-state index < -0.39 is 0 Å². The minimum Gasteiger partial charge on any atom is -0.508 e. The number of nitrogens with zero attached hydrogens (tertiary/aromatic N) is 1. The van der Waals surface area contributed by atoms with E-state index >= 15 is 0 Å². The minimum atomic E-state index is 0.325. The number of phenolic OH excluding ortho intramolecular Hbond substituents is 1. The van der Waals surface area contributed by atoms with Crippen molar-refractivity contribution in [3.8, 4) is 5.75 Å². The molecule has 86 valence electrons. The summed E-state index contributed by atoms with van der Waals surface area (Å²) in [5, 5.41) is 13.8. The van der Waals surface area contributed by atoms with E-state index in [-0.39, 0.29) is 0 Å². The Balaban J connectivity index is 2.66. The van der Waals surface area contributed by atoms with Gasteiger partial charge in [-0.15, -0.1) is 0 Å². The molecule has 2 rings (SSSR count). The van der Waals surface area contributed by atoms with Crippen molar-refractivity contribution in [2.75, 3.05) is 7.05 Å². The van der Waals surface area contributed by atoms with E-state index in [4.69, 9.17) is 0 Å². The van der Waals surface area contributed by atoms with Gasteiger partial charge in [0.05, 0.1) is 0 Å². The molecule has 0 radical (unpaired) electrons. The van der Waals surface area contributed by atoms with Crippen molar-refractivity contribution in [2.45, 2.75) is 26.4 Å². The summed E-state index contributed by atoms with van der Waals surface area (Å²) >= 11 is 0. The summed E-state index contributed by atoms with van der Waals surface area (Å²) in [6.07, 6.45) is 2.16. The van der Waals surface area contributed by atoms with Gasteiger partial charge in [0.25, 0.3) is 0 Å². The van der Waals surface area contributed by atoms with Crippen LogP contribution in [0.25, 0.3) is 10.9 Å².